The summed E-state index contributed by atoms with van der Waals surface area (Å²) in [4.78, 5) is 11.7. The Kier molecular flexibility index (Phi) is 7.53. The molecule has 0 atom stereocenters. The molecule has 2 rings (SSSR count). The van der Waals surface area contributed by atoms with Gasteiger partial charge in [0.1, 0.15) is 13.1 Å². The van der Waals surface area contributed by atoms with Gasteiger partial charge in [-0.15, -0.1) is 0 Å². The maximum Gasteiger partial charge on any atom is 0.269 e. The van der Waals surface area contributed by atoms with Crippen LogP contribution in [0.4, 0.5) is 5.69 Å². The summed E-state index contributed by atoms with van der Waals surface area (Å²) in [6, 6.07) is 6.13. The van der Waals surface area contributed by atoms with Gasteiger partial charge in [0.15, 0.2) is 5.11 Å². The summed E-state index contributed by atoms with van der Waals surface area (Å²) in [5.41, 5.74) is 3.55. The molecule has 1 saturated heterocycles. The van der Waals surface area contributed by atoms with Crippen LogP contribution in [0.25, 0.3) is 0 Å². The van der Waals surface area contributed by atoms with Gasteiger partial charge >= 0.3 is 0 Å². The number of rotatable bonds is 7. The van der Waals surface area contributed by atoms with Gasteiger partial charge in [0.2, 0.25) is 0 Å². The molecular weight excluding hydrogens is 330 g/mol. The highest BCUT2D eigenvalue weighted by Crippen LogP contribution is 2.10. The highest BCUT2D eigenvalue weighted by molar-refractivity contribution is 7.80. The van der Waals surface area contributed by atoms with E-state index in [9.17, 15) is 10.1 Å². The number of hydrogen-bond acceptors (Lipinski definition) is 5. The number of non-ortho nitro benzene ring substituents is 1. The lowest BCUT2D eigenvalue weighted by Crippen LogP contribution is -3.14. The largest absolute Gasteiger partial charge is 0.370 e. The SMILES string of the molecule is O=[N+]([O-])c1ccc(/C=N\NC(=S)NCCC[NH+]2CCOCC2)cc1. The van der Waals surface area contributed by atoms with E-state index in [1.807, 2.05) is 0 Å². The molecule has 24 heavy (non-hydrogen) atoms. The summed E-state index contributed by atoms with van der Waals surface area (Å²) in [5.74, 6) is 0. The van der Waals surface area contributed by atoms with Crippen molar-refractivity contribution in [1.29, 1.82) is 0 Å². The van der Waals surface area contributed by atoms with Crippen LogP contribution in [-0.2, 0) is 4.74 Å². The predicted octanol–water partition coefficient (Wildman–Crippen LogP) is -0.302. The Balaban J connectivity index is 1.60. The zero-order valence-electron chi connectivity index (χ0n) is 13.4. The second-order valence-corrected chi connectivity index (χ2v) is 5.85. The lowest BCUT2D eigenvalue weighted by Gasteiger charge is -2.23. The zero-order chi connectivity index (χ0) is 17.2. The van der Waals surface area contributed by atoms with E-state index >= 15 is 0 Å². The fraction of sp³-hybridized carbons (Fsp3) is 0.467. The maximum atomic E-state index is 10.6. The van der Waals surface area contributed by atoms with Crippen LogP contribution in [0.5, 0.6) is 0 Å². The first-order valence-electron chi connectivity index (χ1n) is 7.88. The molecule has 1 fully saturated rings. The van der Waals surface area contributed by atoms with E-state index in [2.05, 4.69) is 15.8 Å². The highest BCUT2D eigenvalue weighted by Gasteiger charge is 2.12. The Morgan fingerprint density at radius 1 is 1.38 bits per heavy atom. The van der Waals surface area contributed by atoms with Crippen molar-refractivity contribution in [3.05, 3.63) is 39.9 Å². The summed E-state index contributed by atoms with van der Waals surface area (Å²) in [6.07, 6.45) is 2.60. The number of quaternary nitrogens is 1. The molecule has 3 N–H and O–H groups in total. The van der Waals surface area contributed by atoms with Gasteiger partial charge in [0, 0.05) is 25.1 Å². The predicted molar refractivity (Wildman–Crippen MR) is 95.4 cm³/mol. The van der Waals surface area contributed by atoms with E-state index in [1.54, 1.807) is 23.2 Å². The Morgan fingerprint density at radius 3 is 2.75 bits per heavy atom. The van der Waals surface area contributed by atoms with Crippen LogP contribution in [-0.4, -0.2) is 55.6 Å². The van der Waals surface area contributed by atoms with E-state index in [-0.39, 0.29) is 5.69 Å². The molecule has 1 aromatic carbocycles. The molecule has 1 heterocycles. The van der Waals surface area contributed by atoms with Crippen LogP contribution in [0.1, 0.15) is 12.0 Å². The second kappa shape index (κ2) is 9.91. The first-order valence-corrected chi connectivity index (χ1v) is 8.28. The number of hydrogen-bond donors (Lipinski definition) is 3. The van der Waals surface area contributed by atoms with Gasteiger partial charge in [-0.05, 0) is 29.9 Å². The molecular formula is C15H22N5O3S+. The Bertz CT molecular complexity index is 573. The van der Waals surface area contributed by atoms with Gasteiger partial charge in [-0.2, -0.15) is 5.10 Å². The monoisotopic (exact) mass is 352 g/mol. The van der Waals surface area contributed by atoms with E-state index in [4.69, 9.17) is 17.0 Å². The minimum absolute atomic E-state index is 0.0553. The van der Waals surface area contributed by atoms with Crippen molar-refractivity contribution in [2.45, 2.75) is 6.42 Å². The molecule has 1 aliphatic heterocycles. The van der Waals surface area contributed by atoms with E-state index in [1.165, 1.54) is 12.1 Å². The van der Waals surface area contributed by atoms with E-state index in [0.29, 0.717) is 5.11 Å². The first kappa shape index (κ1) is 18.2. The summed E-state index contributed by atoms with van der Waals surface area (Å²) in [5, 5.41) is 18.2. The van der Waals surface area contributed by atoms with Crippen LogP contribution in [0, 0.1) is 10.1 Å². The first-order chi connectivity index (χ1) is 11.6. The third-order valence-corrected chi connectivity index (χ3v) is 3.91. The molecule has 130 valence electrons. The number of morpholine rings is 1. The molecule has 8 nitrogen and oxygen atoms in total. The lowest BCUT2D eigenvalue weighted by atomic mass is 10.2. The fourth-order valence-corrected chi connectivity index (χ4v) is 2.49. The molecule has 1 aliphatic rings. The van der Waals surface area contributed by atoms with Gasteiger partial charge < -0.3 is 15.0 Å². The Morgan fingerprint density at radius 2 is 2.08 bits per heavy atom. The molecule has 0 amide bonds. The average Bonchev–Trinajstić information content (AvgIpc) is 2.60. The third-order valence-electron chi connectivity index (χ3n) is 3.68. The van der Waals surface area contributed by atoms with Crippen LogP contribution >= 0.6 is 12.2 Å². The van der Waals surface area contributed by atoms with E-state index < -0.39 is 4.92 Å². The van der Waals surface area contributed by atoms with Crippen molar-refractivity contribution in [3.63, 3.8) is 0 Å². The summed E-state index contributed by atoms with van der Waals surface area (Å²) >= 11 is 5.14. The number of nitrogens with zero attached hydrogens (tertiary/aromatic N) is 2. The molecule has 9 heteroatoms. The van der Waals surface area contributed by atoms with Crippen molar-refractivity contribution in [1.82, 2.24) is 10.7 Å². The van der Waals surface area contributed by atoms with Crippen molar-refractivity contribution in [2.75, 3.05) is 39.4 Å². The molecule has 0 aliphatic carbocycles. The van der Waals surface area contributed by atoms with Crippen molar-refractivity contribution < 1.29 is 14.6 Å². The van der Waals surface area contributed by atoms with E-state index in [0.717, 1.165) is 51.4 Å². The molecule has 0 saturated carbocycles. The molecule has 1 aromatic rings. The fourth-order valence-electron chi connectivity index (χ4n) is 2.34. The Labute approximate surface area is 146 Å². The number of nitro groups is 1. The number of ether oxygens (including phenoxy) is 1. The van der Waals surface area contributed by atoms with Gasteiger partial charge in [-0.3, -0.25) is 15.5 Å². The topological polar surface area (TPSA) is 93.2 Å². The standard InChI is InChI=1S/C15H21N5O3S/c21-20(22)14-4-2-13(3-5-14)12-17-18-15(24)16-6-1-7-19-8-10-23-11-9-19/h2-5,12H,1,6-11H2,(H2,16,18,24)/p+1/b17-12-. The number of benzene rings is 1. The average molecular weight is 352 g/mol. The molecule has 0 spiro atoms. The van der Waals surface area contributed by atoms with Crippen LogP contribution in [0.2, 0.25) is 0 Å². The molecule has 0 unspecified atom stereocenters. The Hall–Kier alpha value is -2.10. The third kappa shape index (κ3) is 6.57. The van der Waals surface area contributed by atoms with Crippen LogP contribution < -0.4 is 15.6 Å². The zero-order valence-corrected chi connectivity index (χ0v) is 14.2. The van der Waals surface area contributed by atoms with Crippen molar-refractivity contribution in [3.8, 4) is 0 Å². The molecule has 0 bridgehead atoms. The number of thiocarbonyl (C=S) groups is 1. The number of hydrazone groups is 1. The smallest absolute Gasteiger partial charge is 0.269 e. The quantitative estimate of drug-likeness (QED) is 0.205. The van der Waals surface area contributed by atoms with Gasteiger partial charge in [0.25, 0.3) is 5.69 Å². The minimum Gasteiger partial charge on any atom is -0.370 e. The second-order valence-electron chi connectivity index (χ2n) is 5.44. The number of nitro benzene ring substituents is 1. The van der Waals surface area contributed by atoms with Crippen LogP contribution in [0.15, 0.2) is 29.4 Å². The summed E-state index contributed by atoms with van der Waals surface area (Å²) in [6.45, 7) is 5.74. The molecule has 0 radical (unpaired) electrons. The highest BCUT2D eigenvalue weighted by atomic mass is 32.1. The van der Waals surface area contributed by atoms with Gasteiger partial charge in [0.05, 0.1) is 30.9 Å². The van der Waals surface area contributed by atoms with Crippen molar-refractivity contribution >= 4 is 29.2 Å². The maximum absolute atomic E-state index is 10.6. The minimum atomic E-state index is -0.434. The number of nitrogens with one attached hydrogen (secondary N) is 3. The van der Waals surface area contributed by atoms with Crippen molar-refractivity contribution in [2.24, 2.45) is 5.10 Å². The normalized spacial score (nSPS) is 15.3. The summed E-state index contributed by atoms with van der Waals surface area (Å²) in [7, 11) is 0. The van der Waals surface area contributed by atoms with Gasteiger partial charge in [-0.1, -0.05) is 0 Å². The molecule has 0 aromatic heterocycles. The lowest BCUT2D eigenvalue weighted by molar-refractivity contribution is -0.908. The van der Waals surface area contributed by atoms with Gasteiger partial charge in [-0.25, -0.2) is 0 Å². The summed E-state index contributed by atoms with van der Waals surface area (Å²) < 4.78 is 5.33. The van der Waals surface area contributed by atoms with Crippen LogP contribution in [0.3, 0.4) is 0 Å².